The molecule has 3 atom stereocenters. The predicted octanol–water partition coefficient (Wildman–Crippen LogP) is 6.35. The minimum Gasteiger partial charge on any atom is -0.124 e. The Hall–Kier alpha value is -1.52. The highest BCUT2D eigenvalue weighted by atomic mass is 14.3. The molecular weight excluding hydrogens is 252 g/mol. The molecule has 0 amide bonds. The van der Waals surface area contributed by atoms with Gasteiger partial charge in [0.25, 0.3) is 0 Å². The zero-order valence-corrected chi connectivity index (χ0v) is 13.6. The van der Waals surface area contributed by atoms with E-state index < -0.39 is 0 Å². The van der Waals surface area contributed by atoms with Crippen molar-refractivity contribution in [2.75, 3.05) is 0 Å². The molecule has 0 N–H and O–H groups in total. The van der Waals surface area contributed by atoms with E-state index in [0.717, 1.165) is 11.8 Å². The van der Waals surface area contributed by atoms with Gasteiger partial charge in [0, 0.05) is 5.57 Å². The van der Waals surface area contributed by atoms with Gasteiger partial charge >= 0.3 is 0 Å². The summed E-state index contributed by atoms with van der Waals surface area (Å²) in [4.78, 5) is 0. The third-order valence-electron chi connectivity index (χ3n) is 5.13. The molecule has 0 heterocycles. The summed E-state index contributed by atoms with van der Waals surface area (Å²) in [5.41, 5.74) is 6.96. The highest BCUT2D eigenvalue weighted by Gasteiger charge is 2.25. The van der Waals surface area contributed by atoms with Crippen LogP contribution in [0, 0.1) is 17.8 Å². The fraction of sp³-hybridized carbons (Fsp3) is 0.476. The van der Waals surface area contributed by atoms with E-state index in [1.165, 1.54) is 48.8 Å². The molecule has 0 aliphatic heterocycles. The van der Waals surface area contributed by atoms with Crippen LogP contribution in [-0.4, -0.2) is 0 Å². The summed E-state index contributed by atoms with van der Waals surface area (Å²) in [6.07, 6.45) is 8.73. The molecule has 0 nitrogen and oxygen atoms in total. The standard InChI is InChI=1S/C21H28/c1-5-18-11-7-8-13-21(18)20(6-2)17(4)19-12-9-10-16(3)14-15-19/h5,7-8,11,13,16-17,19H,1-2,9-10,12,14-15H2,3-4H3. The lowest BCUT2D eigenvalue weighted by Crippen LogP contribution is -2.13. The normalized spacial score (nSPS) is 23.7. The van der Waals surface area contributed by atoms with E-state index >= 15 is 0 Å². The minimum absolute atomic E-state index is 0.522. The highest BCUT2D eigenvalue weighted by Crippen LogP contribution is 2.38. The van der Waals surface area contributed by atoms with Gasteiger partial charge in [0.2, 0.25) is 0 Å². The summed E-state index contributed by atoms with van der Waals surface area (Å²) in [5.74, 6) is 2.17. The molecule has 0 aromatic heterocycles. The van der Waals surface area contributed by atoms with Crippen LogP contribution in [0.15, 0.2) is 43.2 Å². The first kappa shape index (κ1) is 15.9. The molecule has 21 heavy (non-hydrogen) atoms. The number of hydrogen-bond donors (Lipinski definition) is 0. The molecule has 0 spiro atoms. The molecule has 3 unspecified atom stereocenters. The summed E-state index contributed by atoms with van der Waals surface area (Å²) in [7, 11) is 0. The van der Waals surface area contributed by atoms with E-state index in [4.69, 9.17) is 0 Å². The van der Waals surface area contributed by atoms with E-state index in [1.54, 1.807) is 0 Å². The van der Waals surface area contributed by atoms with Crippen molar-refractivity contribution in [1.82, 2.24) is 0 Å². The average molecular weight is 280 g/mol. The van der Waals surface area contributed by atoms with E-state index in [0.29, 0.717) is 5.92 Å². The van der Waals surface area contributed by atoms with Gasteiger partial charge in [0.15, 0.2) is 0 Å². The van der Waals surface area contributed by atoms with Crippen molar-refractivity contribution in [1.29, 1.82) is 0 Å². The maximum atomic E-state index is 3.97. The zero-order chi connectivity index (χ0) is 15.2. The van der Waals surface area contributed by atoms with Crippen LogP contribution >= 0.6 is 0 Å². The maximum absolute atomic E-state index is 3.97. The molecule has 1 aromatic carbocycles. The maximum Gasteiger partial charge on any atom is 0.00428 e. The molecule has 1 fully saturated rings. The Morgan fingerprint density at radius 1 is 1.24 bits per heavy atom. The topological polar surface area (TPSA) is 0 Å². The second kappa shape index (κ2) is 7.48. The number of benzene rings is 1. The molecule has 2 rings (SSSR count). The van der Waals surface area contributed by atoms with Crippen LogP contribution in [0.25, 0.3) is 11.6 Å². The Balaban J connectivity index is 2.25. The molecule has 1 aliphatic carbocycles. The van der Waals surface area contributed by atoms with Crippen molar-refractivity contribution >= 4 is 11.6 Å². The second-order valence-electron chi connectivity index (χ2n) is 6.54. The Kier molecular flexibility index (Phi) is 5.65. The fourth-order valence-electron chi connectivity index (χ4n) is 3.67. The van der Waals surface area contributed by atoms with Crippen molar-refractivity contribution in [3.63, 3.8) is 0 Å². The molecule has 0 saturated heterocycles. The Morgan fingerprint density at radius 3 is 2.71 bits per heavy atom. The Labute approximate surface area is 130 Å². The largest absolute Gasteiger partial charge is 0.124 e. The Bertz CT molecular complexity index is 531. The van der Waals surface area contributed by atoms with Crippen LogP contribution in [0.2, 0.25) is 0 Å². The molecule has 0 heteroatoms. The lowest BCUT2D eigenvalue weighted by atomic mass is 9.79. The monoisotopic (exact) mass is 280 g/mol. The summed E-state index contributed by atoms with van der Waals surface area (Å²) in [6, 6.07) is 8.47. The summed E-state index contributed by atoms with van der Waals surface area (Å²) in [5, 5.41) is 0. The smallest absolute Gasteiger partial charge is 0.00428 e. The molecule has 1 saturated carbocycles. The van der Waals surface area contributed by atoms with Crippen molar-refractivity contribution in [2.24, 2.45) is 17.8 Å². The van der Waals surface area contributed by atoms with Crippen LogP contribution < -0.4 is 0 Å². The summed E-state index contributed by atoms with van der Waals surface area (Å²) >= 11 is 0. The third-order valence-corrected chi connectivity index (χ3v) is 5.13. The summed E-state index contributed by atoms with van der Waals surface area (Å²) < 4.78 is 0. The van der Waals surface area contributed by atoms with Crippen LogP contribution in [0.3, 0.4) is 0 Å². The minimum atomic E-state index is 0.522. The average Bonchev–Trinajstić information content (AvgIpc) is 2.73. The van der Waals surface area contributed by atoms with Crippen LogP contribution in [0.1, 0.15) is 57.1 Å². The van der Waals surface area contributed by atoms with E-state index in [-0.39, 0.29) is 0 Å². The van der Waals surface area contributed by atoms with Gasteiger partial charge in [-0.3, -0.25) is 0 Å². The molecule has 0 radical (unpaired) electrons. The first-order chi connectivity index (χ1) is 10.2. The van der Waals surface area contributed by atoms with E-state index in [2.05, 4.69) is 57.0 Å². The van der Waals surface area contributed by atoms with Gasteiger partial charge < -0.3 is 0 Å². The van der Waals surface area contributed by atoms with Gasteiger partial charge in [-0.15, -0.1) is 5.73 Å². The molecule has 1 aromatic rings. The number of rotatable bonds is 4. The third kappa shape index (κ3) is 3.77. The lowest BCUT2D eigenvalue weighted by Gasteiger charge is -2.25. The summed E-state index contributed by atoms with van der Waals surface area (Å²) in [6.45, 7) is 12.7. The molecule has 112 valence electrons. The van der Waals surface area contributed by atoms with Gasteiger partial charge in [-0.25, -0.2) is 0 Å². The molecular formula is C21H28. The van der Waals surface area contributed by atoms with Gasteiger partial charge in [0.05, 0.1) is 0 Å². The Morgan fingerprint density at radius 2 is 2.00 bits per heavy atom. The van der Waals surface area contributed by atoms with Gasteiger partial charge in [-0.05, 0) is 41.7 Å². The first-order valence-electron chi connectivity index (χ1n) is 8.29. The predicted molar refractivity (Wildman–Crippen MR) is 94.0 cm³/mol. The van der Waals surface area contributed by atoms with Gasteiger partial charge in [-0.2, -0.15) is 0 Å². The number of hydrogen-bond acceptors (Lipinski definition) is 0. The molecule has 0 bridgehead atoms. The van der Waals surface area contributed by atoms with Crippen molar-refractivity contribution in [2.45, 2.75) is 46.0 Å². The van der Waals surface area contributed by atoms with Crippen molar-refractivity contribution in [3.05, 3.63) is 54.3 Å². The SMILES string of the molecule is C=C=C(c1ccccc1C=C)C(C)C1CCCC(C)CC1. The first-order valence-corrected chi connectivity index (χ1v) is 8.29. The van der Waals surface area contributed by atoms with Crippen LogP contribution in [-0.2, 0) is 0 Å². The second-order valence-corrected chi connectivity index (χ2v) is 6.54. The highest BCUT2D eigenvalue weighted by molar-refractivity contribution is 5.74. The van der Waals surface area contributed by atoms with Crippen LogP contribution in [0.4, 0.5) is 0 Å². The fourth-order valence-corrected chi connectivity index (χ4v) is 3.67. The van der Waals surface area contributed by atoms with E-state index in [9.17, 15) is 0 Å². The van der Waals surface area contributed by atoms with Crippen molar-refractivity contribution in [3.8, 4) is 0 Å². The van der Waals surface area contributed by atoms with Crippen LogP contribution in [0.5, 0.6) is 0 Å². The van der Waals surface area contributed by atoms with Crippen molar-refractivity contribution < 1.29 is 0 Å². The molecule has 1 aliphatic rings. The quantitative estimate of drug-likeness (QED) is 0.445. The van der Waals surface area contributed by atoms with Gasteiger partial charge in [0.1, 0.15) is 0 Å². The number of allylic oxidation sites excluding steroid dienone is 1. The van der Waals surface area contributed by atoms with Gasteiger partial charge in [-0.1, -0.05) is 76.6 Å². The lowest BCUT2D eigenvalue weighted by molar-refractivity contribution is 0.375. The zero-order valence-electron chi connectivity index (χ0n) is 13.6. The van der Waals surface area contributed by atoms with E-state index in [1.807, 2.05) is 6.08 Å².